The number of halogens is 1. The van der Waals surface area contributed by atoms with Crippen molar-refractivity contribution in [1.82, 2.24) is 4.98 Å². The number of hydrogen-bond acceptors (Lipinski definition) is 3. The predicted octanol–water partition coefficient (Wildman–Crippen LogP) is 7.17. The fourth-order valence-electron chi connectivity index (χ4n) is 3.75. The van der Waals surface area contributed by atoms with E-state index in [1.165, 1.54) is 0 Å². The monoisotopic (exact) mass is 467 g/mol. The lowest BCUT2D eigenvalue weighted by atomic mass is 10.0. The van der Waals surface area contributed by atoms with Crippen LogP contribution in [0, 0.1) is 0 Å². The Morgan fingerprint density at radius 1 is 0.806 bits per heavy atom. The number of benzene rings is 4. The number of rotatable bonds is 4. The molecular formula is C27H18BrNO2. The van der Waals surface area contributed by atoms with Gasteiger partial charge in [-0.05, 0) is 40.6 Å². The molecule has 0 saturated carbocycles. The maximum atomic E-state index is 13.1. The van der Waals surface area contributed by atoms with Crippen LogP contribution in [0.4, 0.5) is 0 Å². The summed E-state index contributed by atoms with van der Waals surface area (Å²) in [5.74, 6) is -0.357. The highest BCUT2D eigenvalue weighted by Gasteiger charge is 2.16. The van der Waals surface area contributed by atoms with E-state index in [1.54, 1.807) is 0 Å². The van der Waals surface area contributed by atoms with Crippen molar-refractivity contribution in [3.63, 3.8) is 0 Å². The lowest BCUT2D eigenvalue weighted by molar-refractivity contribution is 0.0476. The van der Waals surface area contributed by atoms with Gasteiger partial charge in [0, 0.05) is 15.4 Å². The largest absolute Gasteiger partial charge is 0.457 e. The van der Waals surface area contributed by atoms with E-state index >= 15 is 0 Å². The molecule has 0 unspecified atom stereocenters. The Balaban J connectivity index is 1.51. The van der Waals surface area contributed by atoms with E-state index in [4.69, 9.17) is 9.72 Å². The SMILES string of the molecule is O=C(OCc1cccc2ccccc12)c1cc(-c2ccc(Br)cc2)nc2ccccc12. The lowest BCUT2D eigenvalue weighted by Gasteiger charge is -2.11. The van der Waals surface area contributed by atoms with E-state index in [9.17, 15) is 4.79 Å². The molecule has 0 N–H and O–H groups in total. The predicted molar refractivity (Wildman–Crippen MR) is 128 cm³/mol. The van der Waals surface area contributed by atoms with E-state index in [0.29, 0.717) is 5.56 Å². The number of fused-ring (bicyclic) bond motifs is 2. The number of para-hydroxylation sites is 1. The molecule has 150 valence electrons. The number of ether oxygens (including phenoxy) is 1. The molecule has 0 radical (unpaired) electrons. The van der Waals surface area contributed by atoms with Crippen molar-refractivity contribution < 1.29 is 9.53 Å². The zero-order chi connectivity index (χ0) is 21.2. The van der Waals surface area contributed by atoms with Gasteiger partial charge in [0.1, 0.15) is 6.61 Å². The lowest BCUT2D eigenvalue weighted by Crippen LogP contribution is -2.07. The van der Waals surface area contributed by atoms with Gasteiger partial charge >= 0.3 is 5.97 Å². The average molecular weight is 468 g/mol. The highest BCUT2D eigenvalue weighted by Crippen LogP contribution is 2.27. The van der Waals surface area contributed by atoms with Gasteiger partial charge in [0.05, 0.1) is 16.8 Å². The number of esters is 1. The highest BCUT2D eigenvalue weighted by atomic mass is 79.9. The summed E-state index contributed by atoms with van der Waals surface area (Å²) in [5, 5.41) is 3.00. The van der Waals surface area contributed by atoms with Gasteiger partial charge in [-0.15, -0.1) is 0 Å². The molecule has 0 bridgehead atoms. The van der Waals surface area contributed by atoms with Crippen molar-refractivity contribution in [2.24, 2.45) is 0 Å². The van der Waals surface area contributed by atoms with Crippen molar-refractivity contribution in [1.29, 1.82) is 0 Å². The fraction of sp³-hybridized carbons (Fsp3) is 0.0370. The average Bonchev–Trinajstić information content (AvgIpc) is 2.82. The van der Waals surface area contributed by atoms with Gasteiger partial charge in [-0.3, -0.25) is 0 Å². The molecule has 0 atom stereocenters. The minimum absolute atomic E-state index is 0.213. The summed E-state index contributed by atoms with van der Waals surface area (Å²) in [5.41, 5.74) is 3.95. The summed E-state index contributed by atoms with van der Waals surface area (Å²) in [6, 6.07) is 31.5. The molecule has 0 aliphatic rings. The Labute approximate surface area is 188 Å². The number of hydrogen-bond donors (Lipinski definition) is 0. The van der Waals surface area contributed by atoms with Crippen molar-refractivity contribution >= 4 is 43.6 Å². The molecule has 31 heavy (non-hydrogen) atoms. The quantitative estimate of drug-likeness (QED) is 0.263. The van der Waals surface area contributed by atoms with Gasteiger partial charge in [0.2, 0.25) is 0 Å². The number of pyridine rings is 1. The van der Waals surface area contributed by atoms with Gasteiger partial charge < -0.3 is 4.74 Å². The van der Waals surface area contributed by atoms with E-state index in [2.05, 4.69) is 28.1 Å². The number of aromatic nitrogens is 1. The van der Waals surface area contributed by atoms with Crippen LogP contribution in [-0.4, -0.2) is 11.0 Å². The molecular weight excluding hydrogens is 450 g/mol. The third-order valence-electron chi connectivity index (χ3n) is 5.31. The van der Waals surface area contributed by atoms with Crippen LogP contribution in [0.3, 0.4) is 0 Å². The second kappa shape index (κ2) is 8.32. The summed E-state index contributed by atoms with van der Waals surface area (Å²) >= 11 is 3.46. The summed E-state index contributed by atoms with van der Waals surface area (Å²) in [4.78, 5) is 17.9. The Morgan fingerprint density at radius 2 is 1.52 bits per heavy atom. The van der Waals surface area contributed by atoms with Crippen molar-refractivity contribution in [3.8, 4) is 11.3 Å². The maximum absolute atomic E-state index is 13.1. The Hall–Kier alpha value is -3.50. The summed E-state index contributed by atoms with van der Waals surface area (Å²) in [6.45, 7) is 0.213. The van der Waals surface area contributed by atoms with Crippen LogP contribution < -0.4 is 0 Å². The summed E-state index contributed by atoms with van der Waals surface area (Å²) < 4.78 is 6.76. The van der Waals surface area contributed by atoms with Crippen molar-refractivity contribution in [3.05, 3.63) is 113 Å². The van der Waals surface area contributed by atoms with Gasteiger partial charge in [-0.2, -0.15) is 0 Å². The number of carbonyl (C=O) groups excluding carboxylic acids is 1. The van der Waals surface area contributed by atoms with E-state index in [0.717, 1.165) is 43.0 Å². The van der Waals surface area contributed by atoms with Crippen LogP contribution in [0.25, 0.3) is 32.9 Å². The zero-order valence-corrected chi connectivity index (χ0v) is 18.2. The fourth-order valence-corrected chi connectivity index (χ4v) is 4.02. The molecule has 0 fully saturated rings. The molecule has 3 nitrogen and oxygen atoms in total. The maximum Gasteiger partial charge on any atom is 0.339 e. The van der Waals surface area contributed by atoms with E-state index < -0.39 is 0 Å². The van der Waals surface area contributed by atoms with Crippen LogP contribution in [0.5, 0.6) is 0 Å². The number of carbonyl (C=O) groups is 1. The molecule has 0 saturated heterocycles. The molecule has 5 rings (SSSR count). The van der Waals surface area contributed by atoms with Gasteiger partial charge in [0.25, 0.3) is 0 Å². The first-order valence-electron chi connectivity index (χ1n) is 9.98. The van der Waals surface area contributed by atoms with E-state index in [1.807, 2.05) is 84.9 Å². The molecule has 1 aromatic heterocycles. The highest BCUT2D eigenvalue weighted by molar-refractivity contribution is 9.10. The topological polar surface area (TPSA) is 39.2 Å². The van der Waals surface area contributed by atoms with Gasteiger partial charge in [-0.1, -0.05) is 88.7 Å². The van der Waals surface area contributed by atoms with E-state index in [-0.39, 0.29) is 12.6 Å². The van der Waals surface area contributed by atoms with Crippen LogP contribution >= 0.6 is 15.9 Å². The second-order valence-electron chi connectivity index (χ2n) is 7.29. The molecule has 0 spiro atoms. The number of nitrogens with zero attached hydrogens (tertiary/aromatic N) is 1. The first-order chi connectivity index (χ1) is 15.2. The second-order valence-corrected chi connectivity index (χ2v) is 8.21. The minimum atomic E-state index is -0.357. The van der Waals surface area contributed by atoms with Gasteiger partial charge in [-0.25, -0.2) is 9.78 Å². The molecule has 0 aliphatic carbocycles. The third-order valence-corrected chi connectivity index (χ3v) is 5.84. The van der Waals surface area contributed by atoms with Crippen molar-refractivity contribution in [2.75, 3.05) is 0 Å². The molecule has 0 aliphatic heterocycles. The Morgan fingerprint density at radius 3 is 2.35 bits per heavy atom. The molecule has 4 heteroatoms. The Bertz CT molecular complexity index is 1410. The minimum Gasteiger partial charge on any atom is -0.457 e. The zero-order valence-electron chi connectivity index (χ0n) is 16.6. The molecule has 4 aromatic carbocycles. The first-order valence-corrected chi connectivity index (χ1v) is 10.8. The normalized spacial score (nSPS) is 11.0. The molecule has 0 amide bonds. The smallest absolute Gasteiger partial charge is 0.339 e. The Kier molecular flexibility index (Phi) is 5.23. The third kappa shape index (κ3) is 3.94. The summed E-state index contributed by atoms with van der Waals surface area (Å²) in [7, 11) is 0. The van der Waals surface area contributed by atoms with Crippen LogP contribution in [0.15, 0.2) is 102 Å². The van der Waals surface area contributed by atoms with Crippen molar-refractivity contribution in [2.45, 2.75) is 6.61 Å². The van der Waals surface area contributed by atoms with Gasteiger partial charge in [0.15, 0.2) is 0 Å². The molecule has 5 aromatic rings. The summed E-state index contributed by atoms with van der Waals surface area (Å²) in [6.07, 6.45) is 0. The standard InChI is InChI=1S/C27H18BrNO2/c28-21-14-12-19(13-15-21)26-16-24(23-10-3-4-11-25(23)29-26)27(30)31-17-20-8-5-7-18-6-1-2-9-22(18)20/h1-16H,17H2. The molecule has 1 heterocycles. The van der Waals surface area contributed by atoms with Crippen LogP contribution in [0.1, 0.15) is 15.9 Å². The first kappa shape index (κ1) is 19.5. The van der Waals surface area contributed by atoms with Crippen LogP contribution in [-0.2, 0) is 11.3 Å². The van der Waals surface area contributed by atoms with Crippen LogP contribution in [0.2, 0.25) is 0 Å².